The van der Waals surface area contributed by atoms with E-state index in [9.17, 15) is 9.18 Å². The summed E-state index contributed by atoms with van der Waals surface area (Å²) in [5.41, 5.74) is 2.71. The molecule has 7 rings (SSSR count). The average Bonchev–Trinajstić information content (AvgIpc) is 2.99. The van der Waals surface area contributed by atoms with E-state index in [1.165, 1.54) is 12.1 Å². The highest BCUT2D eigenvalue weighted by molar-refractivity contribution is 6.32. The third-order valence-electron chi connectivity index (χ3n) is 10.1. The number of piperazine rings is 1. The molecule has 0 unspecified atom stereocenters. The van der Waals surface area contributed by atoms with Gasteiger partial charge in [0.25, 0.3) is 0 Å². The highest BCUT2D eigenvalue weighted by Crippen LogP contribution is 2.65. The van der Waals surface area contributed by atoms with Crippen molar-refractivity contribution in [3.05, 3.63) is 65.6 Å². The Morgan fingerprint density at radius 1 is 0.952 bits per heavy atom. The number of aromatic nitrogens is 2. The predicted molar refractivity (Wildman–Crippen MR) is 167 cm³/mol. The van der Waals surface area contributed by atoms with Crippen LogP contribution in [0.3, 0.4) is 0 Å². The zero-order valence-electron chi connectivity index (χ0n) is 24.6. The maximum Gasteiger partial charge on any atom is 0.229 e. The number of fused-ring (bicyclic) bond motifs is 2. The quantitative estimate of drug-likeness (QED) is 0.314. The minimum atomic E-state index is -0.490. The molecule has 4 atom stereocenters. The van der Waals surface area contributed by atoms with Crippen LogP contribution in [0, 0.1) is 29.0 Å². The van der Waals surface area contributed by atoms with Crippen molar-refractivity contribution in [2.75, 3.05) is 53.7 Å². The maximum absolute atomic E-state index is 13.3. The normalized spacial score (nSPS) is 26.3. The number of nitrogens with zero attached hydrogens (tertiary/aromatic N) is 4. The second-order valence-electron chi connectivity index (χ2n) is 12.6. The highest BCUT2D eigenvalue weighted by Gasteiger charge is 2.64. The molecule has 10 heteroatoms. The first-order chi connectivity index (χ1) is 20.1. The molecule has 2 heterocycles. The van der Waals surface area contributed by atoms with Gasteiger partial charge in [0.05, 0.1) is 17.7 Å². The molecule has 222 valence electrons. The lowest BCUT2D eigenvalue weighted by Crippen LogP contribution is -2.69. The molecule has 3 aliphatic carbocycles. The molecule has 42 heavy (non-hydrogen) atoms. The summed E-state index contributed by atoms with van der Waals surface area (Å²) >= 11 is 6.59. The molecule has 1 aliphatic heterocycles. The maximum atomic E-state index is 13.3. The van der Waals surface area contributed by atoms with Crippen molar-refractivity contribution in [1.82, 2.24) is 15.3 Å². The number of carbonyl (C=O) groups is 1. The number of benzene rings is 2. The molecule has 3 saturated carbocycles. The molecule has 4 aliphatic rings. The fourth-order valence-corrected chi connectivity index (χ4v) is 7.60. The molecule has 3 aromatic rings. The first kappa shape index (κ1) is 28.5. The Kier molecular flexibility index (Phi) is 7.41. The van der Waals surface area contributed by atoms with Gasteiger partial charge in [0.1, 0.15) is 10.8 Å². The van der Waals surface area contributed by atoms with Gasteiger partial charge in [0.15, 0.2) is 5.82 Å². The molecule has 1 saturated heterocycles. The summed E-state index contributed by atoms with van der Waals surface area (Å²) in [6.07, 6.45) is 3.53. The van der Waals surface area contributed by atoms with Crippen LogP contribution in [0.15, 0.2) is 54.7 Å². The Balaban J connectivity index is 1.12. The van der Waals surface area contributed by atoms with Crippen molar-refractivity contribution in [3.8, 4) is 0 Å². The van der Waals surface area contributed by atoms with Crippen molar-refractivity contribution < 1.29 is 9.18 Å². The molecule has 0 spiro atoms. The van der Waals surface area contributed by atoms with E-state index in [1.807, 2.05) is 24.3 Å². The van der Waals surface area contributed by atoms with Gasteiger partial charge in [-0.1, -0.05) is 25.4 Å². The van der Waals surface area contributed by atoms with Crippen molar-refractivity contribution >= 4 is 46.3 Å². The van der Waals surface area contributed by atoms with E-state index in [-0.39, 0.29) is 23.1 Å². The number of hydrogen-bond donors (Lipinski definition) is 3. The lowest BCUT2D eigenvalue weighted by molar-refractivity contribution is -0.155. The van der Waals surface area contributed by atoms with Crippen LogP contribution in [0.5, 0.6) is 0 Å². The van der Waals surface area contributed by atoms with Gasteiger partial charge in [-0.3, -0.25) is 4.79 Å². The number of halogens is 2. The van der Waals surface area contributed by atoms with Gasteiger partial charge in [-0.2, -0.15) is 4.98 Å². The minimum absolute atomic E-state index is 0.0516. The van der Waals surface area contributed by atoms with Crippen LogP contribution in [0.25, 0.3) is 0 Å². The largest absolute Gasteiger partial charge is 0.368 e. The van der Waals surface area contributed by atoms with E-state index in [2.05, 4.69) is 63.6 Å². The summed E-state index contributed by atoms with van der Waals surface area (Å²) in [7, 11) is 1.70. The average molecular weight is 592 g/mol. The molecule has 2 aromatic carbocycles. The van der Waals surface area contributed by atoms with Crippen LogP contribution in [-0.4, -0.2) is 54.6 Å². The van der Waals surface area contributed by atoms with Crippen molar-refractivity contribution in [3.63, 3.8) is 0 Å². The molecule has 1 amide bonds. The summed E-state index contributed by atoms with van der Waals surface area (Å²) < 4.78 is 13.3. The summed E-state index contributed by atoms with van der Waals surface area (Å²) in [5.74, 6) is 1.49. The van der Waals surface area contributed by atoms with Gasteiger partial charge in [-0.05, 0) is 85.5 Å². The van der Waals surface area contributed by atoms with Crippen LogP contribution in [0.1, 0.15) is 33.6 Å². The zero-order chi connectivity index (χ0) is 29.6. The molecule has 0 radical (unpaired) electrons. The summed E-state index contributed by atoms with van der Waals surface area (Å²) in [6.45, 7) is 10.3. The topological polar surface area (TPSA) is 85.4 Å². The minimum Gasteiger partial charge on any atom is -0.368 e. The third kappa shape index (κ3) is 5.12. The monoisotopic (exact) mass is 591 g/mol. The van der Waals surface area contributed by atoms with E-state index < -0.39 is 5.54 Å². The Labute approximate surface area is 252 Å². The van der Waals surface area contributed by atoms with E-state index in [1.54, 1.807) is 13.2 Å². The number of amides is 1. The van der Waals surface area contributed by atoms with Crippen LogP contribution in [-0.2, 0) is 4.79 Å². The smallest absolute Gasteiger partial charge is 0.229 e. The lowest BCUT2D eigenvalue weighted by Gasteiger charge is -2.66. The summed E-state index contributed by atoms with van der Waals surface area (Å²) in [4.78, 5) is 26.7. The highest BCUT2D eigenvalue weighted by atomic mass is 35.5. The molecule has 3 N–H and O–H groups in total. The van der Waals surface area contributed by atoms with Gasteiger partial charge >= 0.3 is 0 Å². The Morgan fingerprint density at radius 3 is 2.12 bits per heavy atom. The van der Waals surface area contributed by atoms with Crippen LogP contribution in [0.4, 0.5) is 33.2 Å². The molecular formula is C32H39ClFN7O. The number of rotatable bonds is 7. The predicted octanol–water partition coefficient (Wildman–Crippen LogP) is 5.94. The zero-order valence-corrected chi connectivity index (χ0v) is 25.4. The van der Waals surface area contributed by atoms with E-state index in [0.29, 0.717) is 28.6 Å². The number of hydrogen-bond acceptors (Lipinski definition) is 7. The van der Waals surface area contributed by atoms with Crippen molar-refractivity contribution in [2.24, 2.45) is 23.2 Å². The Bertz CT molecular complexity index is 1440. The number of carbonyl (C=O) groups excluding carboxylic acids is 1. The van der Waals surface area contributed by atoms with Crippen LogP contribution in [0.2, 0.25) is 5.02 Å². The third-order valence-corrected chi connectivity index (χ3v) is 10.4. The van der Waals surface area contributed by atoms with E-state index >= 15 is 0 Å². The van der Waals surface area contributed by atoms with E-state index in [0.717, 1.165) is 56.1 Å². The van der Waals surface area contributed by atoms with Gasteiger partial charge in [0.2, 0.25) is 11.9 Å². The number of nitrogens with one attached hydrogen (secondary N) is 3. The second kappa shape index (κ2) is 10.9. The lowest BCUT2D eigenvalue weighted by atomic mass is 9.40. The molecule has 4 fully saturated rings. The number of anilines is 5. The molecular weight excluding hydrogens is 553 g/mol. The van der Waals surface area contributed by atoms with Gasteiger partial charge in [0, 0.05) is 50.3 Å². The van der Waals surface area contributed by atoms with Crippen LogP contribution >= 0.6 is 11.6 Å². The first-order valence-corrected chi connectivity index (χ1v) is 15.1. The Hall–Kier alpha value is -3.59. The molecule has 1 aromatic heterocycles. The van der Waals surface area contributed by atoms with Gasteiger partial charge < -0.3 is 25.8 Å². The first-order valence-electron chi connectivity index (χ1n) is 14.7. The van der Waals surface area contributed by atoms with Gasteiger partial charge in [-0.25, -0.2) is 9.37 Å². The summed E-state index contributed by atoms with van der Waals surface area (Å²) in [5, 5.41) is 10.2. The van der Waals surface area contributed by atoms with Crippen LogP contribution < -0.4 is 25.8 Å². The fourth-order valence-electron chi connectivity index (χ4n) is 7.46. The molecule has 8 nitrogen and oxygen atoms in total. The Morgan fingerprint density at radius 2 is 1.55 bits per heavy atom. The summed E-state index contributed by atoms with van der Waals surface area (Å²) in [6, 6.07) is 14.9. The second-order valence-corrected chi connectivity index (χ2v) is 13.0. The SMILES string of the molecule is CNC(=O)[C@H]1C[C@@H]2C[C@H](C2(C)C)[C@@]1(C)Nc1nc(Nc2ccc(N3CCN(c4ccc(F)cc4)CC3)cc2)ncc1Cl. The van der Waals surface area contributed by atoms with E-state index in [4.69, 9.17) is 16.6 Å². The van der Waals surface area contributed by atoms with Gasteiger partial charge in [-0.15, -0.1) is 0 Å². The standard InChI is InChI=1S/C32H39ClFN7O/c1-31(2)20-17-25(29(42)35-4)32(3,27(31)18-20)39-28-26(33)19-36-30(38-28)37-22-7-11-24(12-8-22)41-15-13-40(14-16-41)23-9-5-21(34)6-10-23/h5-12,19-20,25,27H,13-18H2,1-4H3,(H,35,42)(H2,36,37,38,39)/t20-,25-,27-,32+/m1/s1. The van der Waals surface area contributed by atoms with Crippen molar-refractivity contribution in [1.29, 1.82) is 0 Å². The fraction of sp³-hybridized carbons (Fsp3) is 0.469. The molecule has 2 bridgehead atoms. The van der Waals surface area contributed by atoms with Crippen molar-refractivity contribution in [2.45, 2.75) is 39.2 Å².